The third-order valence-corrected chi connectivity index (χ3v) is 5.09. The zero-order valence-corrected chi connectivity index (χ0v) is 17.2. The normalized spacial score (nSPS) is 13.2. The Morgan fingerprint density at radius 3 is 2.42 bits per heavy atom. The molecule has 31 heavy (non-hydrogen) atoms. The maximum atomic E-state index is 12.4. The molecular weight excluding hydrogens is 390 g/mol. The van der Waals surface area contributed by atoms with Crippen LogP contribution in [0.15, 0.2) is 78.9 Å². The molecule has 3 aromatic carbocycles. The maximum absolute atomic E-state index is 12.4. The number of rotatable bonds is 8. The first-order valence-electron chi connectivity index (χ1n) is 10.4. The molecule has 0 bridgehead atoms. The van der Waals surface area contributed by atoms with E-state index < -0.39 is 0 Å². The Labute approximate surface area is 181 Å². The first-order valence-corrected chi connectivity index (χ1v) is 10.4. The van der Waals surface area contributed by atoms with Crippen molar-refractivity contribution >= 4 is 28.9 Å². The summed E-state index contributed by atoms with van der Waals surface area (Å²) in [5.74, 6) is 0.693. The molecule has 2 amide bonds. The molecule has 4 rings (SSSR count). The topological polar surface area (TPSA) is 70.7 Å². The minimum atomic E-state index is -0.166. The van der Waals surface area contributed by atoms with Crippen LogP contribution in [0.1, 0.15) is 18.4 Å². The molecule has 0 radical (unpaired) electrons. The van der Waals surface area contributed by atoms with Crippen molar-refractivity contribution in [1.82, 2.24) is 0 Å². The zero-order valence-electron chi connectivity index (χ0n) is 17.2. The van der Waals surface area contributed by atoms with Crippen LogP contribution in [0.4, 0.5) is 17.1 Å². The summed E-state index contributed by atoms with van der Waals surface area (Å²) in [6, 6.07) is 24.8. The predicted molar refractivity (Wildman–Crippen MR) is 122 cm³/mol. The Hall–Kier alpha value is -3.80. The van der Waals surface area contributed by atoms with Gasteiger partial charge in [-0.1, -0.05) is 42.5 Å². The van der Waals surface area contributed by atoms with Crippen LogP contribution in [0.2, 0.25) is 0 Å². The van der Waals surface area contributed by atoms with Crippen molar-refractivity contribution in [3.05, 3.63) is 84.4 Å². The van der Waals surface area contributed by atoms with Gasteiger partial charge in [0.1, 0.15) is 12.4 Å². The second kappa shape index (κ2) is 9.80. The number of anilines is 3. The van der Waals surface area contributed by atoms with Gasteiger partial charge in [-0.25, -0.2) is 0 Å². The lowest BCUT2D eigenvalue weighted by Crippen LogP contribution is -2.26. The van der Waals surface area contributed by atoms with Gasteiger partial charge in [-0.15, -0.1) is 0 Å². The third-order valence-electron chi connectivity index (χ3n) is 5.09. The van der Waals surface area contributed by atoms with Gasteiger partial charge in [0, 0.05) is 18.7 Å². The average molecular weight is 415 g/mol. The molecule has 6 nitrogen and oxygen atoms in total. The molecule has 0 aromatic heterocycles. The molecular formula is C25H25N3O3. The van der Waals surface area contributed by atoms with E-state index in [1.807, 2.05) is 78.9 Å². The van der Waals surface area contributed by atoms with E-state index in [4.69, 9.17) is 4.74 Å². The molecule has 0 atom stereocenters. The van der Waals surface area contributed by atoms with Crippen LogP contribution in [0, 0.1) is 0 Å². The Morgan fingerprint density at radius 2 is 1.68 bits per heavy atom. The number of para-hydroxylation sites is 2. The fourth-order valence-electron chi connectivity index (χ4n) is 3.52. The Balaban J connectivity index is 1.29. The first-order chi connectivity index (χ1) is 15.2. The SMILES string of the molecule is O=C(CNc1ccccc1N1CCCC1=O)Nc1ccc(OCc2ccccc2)cc1. The van der Waals surface area contributed by atoms with Gasteiger partial charge in [-0.3, -0.25) is 9.59 Å². The highest BCUT2D eigenvalue weighted by atomic mass is 16.5. The second-order valence-corrected chi connectivity index (χ2v) is 7.37. The van der Waals surface area contributed by atoms with Crippen molar-refractivity contribution in [2.45, 2.75) is 19.4 Å². The summed E-state index contributed by atoms with van der Waals surface area (Å²) in [6.45, 7) is 1.31. The lowest BCUT2D eigenvalue weighted by atomic mass is 10.2. The molecule has 1 heterocycles. The summed E-state index contributed by atoms with van der Waals surface area (Å²) in [7, 11) is 0. The van der Waals surface area contributed by atoms with Gasteiger partial charge in [0.2, 0.25) is 11.8 Å². The Bertz CT molecular complexity index is 1040. The fraction of sp³-hybridized carbons (Fsp3) is 0.200. The molecule has 0 unspecified atom stereocenters. The van der Waals surface area contributed by atoms with Gasteiger partial charge in [0.05, 0.1) is 17.9 Å². The van der Waals surface area contributed by atoms with E-state index in [1.165, 1.54) is 0 Å². The van der Waals surface area contributed by atoms with Gasteiger partial charge >= 0.3 is 0 Å². The van der Waals surface area contributed by atoms with Crippen molar-refractivity contribution in [2.75, 3.05) is 28.6 Å². The lowest BCUT2D eigenvalue weighted by Gasteiger charge is -2.20. The van der Waals surface area contributed by atoms with Gasteiger partial charge in [-0.2, -0.15) is 0 Å². The van der Waals surface area contributed by atoms with Crippen molar-refractivity contribution in [2.24, 2.45) is 0 Å². The summed E-state index contributed by atoms with van der Waals surface area (Å²) in [6.07, 6.45) is 1.43. The Kier molecular flexibility index (Phi) is 6.47. The number of amides is 2. The monoisotopic (exact) mass is 415 g/mol. The third kappa shape index (κ3) is 5.42. The summed E-state index contributed by atoms with van der Waals surface area (Å²) in [5, 5.41) is 6.02. The van der Waals surface area contributed by atoms with Gasteiger partial charge in [0.15, 0.2) is 0 Å². The van der Waals surface area contributed by atoms with Crippen LogP contribution >= 0.6 is 0 Å². The lowest BCUT2D eigenvalue weighted by molar-refractivity contribution is -0.117. The van der Waals surface area contributed by atoms with E-state index in [2.05, 4.69) is 10.6 Å². The summed E-state index contributed by atoms with van der Waals surface area (Å²) < 4.78 is 5.77. The number of nitrogens with zero attached hydrogens (tertiary/aromatic N) is 1. The minimum Gasteiger partial charge on any atom is -0.489 e. The molecule has 1 saturated heterocycles. The summed E-state index contributed by atoms with van der Waals surface area (Å²) in [5.41, 5.74) is 3.39. The maximum Gasteiger partial charge on any atom is 0.243 e. The quantitative estimate of drug-likeness (QED) is 0.571. The van der Waals surface area contributed by atoms with Gasteiger partial charge < -0.3 is 20.3 Å². The second-order valence-electron chi connectivity index (χ2n) is 7.37. The highest BCUT2D eigenvalue weighted by Crippen LogP contribution is 2.29. The van der Waals surface area contributed by atoms with Crippen LogP contribution in [-0.4, -0.2) is 24.9 Å². The standard InChI is InChI=1S/C25H25N3O3/c29-24(17-26-22-9-4-5-10-23(22)28-16-6-11-25(28)30)27-20-12-14-21(15-13-20)31-18-19-7-2-1-3-8-19/h1-5,7-10,12-15,26H,6,11,16-18H2,(H,27,29). The number of carbonyl (C=O) groups is 2. The van der Waals surface area contributed by atoms with Crippen molar-refractivity contribution in [1.29, 1.82) is 0 Å². The molecule has 158 valence electrons. The molecule has 0 aliphatic carbocycles. The molecule has 1 aliphatic heterocycles. The molecule has 6 heteroatoms. The summed E-state index contributed by atoms with van der Waals surface area (Å²) >= 11 is 0. The van der Waals surface area contributed by atoms with Crippen molar-refractivity contribution in [3.63, 3.8) is 0 Å². The largest absolute Gasteiger partial charge is 0.489 e. The number of benzene rings is 3. The zero-order chi connectivity index (χ0) is 21.5. The Morgan fingerprint density at radius 1 is 0.935 bits per heavy atom. The number of hydrogen-bond donors (Lipinski definition) is 2. The number of hydrogen-bond acceptors (Lipinski definition) is 4. The van der Waals surface area contributed by atoms with Gasteiger partial charge in [-0.05, 0) is 48.4 Å². The average Bonchev–Trinajstić information content (AvgIpc) is 3.24. The highest BCUT2D eigenvalue weighted by molar-refractivity contribution is 5.99. The van der Waals surface area contributed by atoms with Crippen molar-refractivity contribution < 1.29 is 14.3 Å². The summed E-state index contributed by atoms with van der Waals surface area (Å²) in [4.78, 5) is 26.2. The van der Waals surface area contributed by atoms with Crippen LogP contribution in [-0.2, 0) is 16.2 Å². The van der Waals surface area contributed by atoms with Crippen LogP contribution in [0.25, 0.3) is 0 Å². The molecule has 1 fully saturated rings. The first kappa shape index (κ1) is 20.5. The number of ether oxygens (including phenoxy) is 1. The van der Waals surface area contributed by atoms with E-state index >= 15 is 0 Å². The van der Waals surface area contributed by atoms with E-state index in [0.29, 0.717) is 25.3 Å². The smallest absolute Gasteiger partial charge is 0.243 e. The molecule has 2 N–H and O–H groups in total. The number of nitrogens with one attached hydrogen (secondary N) is 2. The van der Waals surface area contributed by atoms with Crippen molar-refractivity contribution in [3.8, 4) is 5.75 Å². The van der Waals surface area contributed by atoms with E-state index in [0.717, 1.165) is 29.1 Å². The van der Waals surface area contributed by atoms with Crippen LogP contribution in [0.5, 0.6) is 5.75 Å². The highest BCUT2D eigenvalue weighted by Gasteiger charge is 2.23. The van der Waals surface area contributed by atoms with Crippen LogP contribution in [0.3, 0.4) is 0 Å². The molecule has 0 saturated carbocycles. The van der Waals surface area contributed by atoms with Gasteiger partial charge in [0.25, 0.3) is 0 Å². The molecule has 0 spiro atoms. The fourth-order valence-corrected chi connectivity index (χ4v) is 3.52. The van der Waals surface area contributed by atoms with E-state index in [-0.39, 0.29) is 18.4 Å². The van der Waals surface area contributed by atoms with E-state index in [9.17, 15) is 9.59 Å². The minimum absolute atomic E-state index is 0.102. The number of carbonyl (C=O) groups excluding carboxylic acids is 2. The molecule has 1 aliphatic rings. The van der Waals surface area contributed by atoms with E-state index in [1.54, 1.807) is 4.90 Å². The molecule has 3 aromatic rings. The predicted octanol–water partition coefficient (Wildman–Crippen LogP) is 4.44. The van der Waals surface area contributed by atoms with Crippen LogP contribution < -0.4 is 20.3 Å².